The molecule has 0 heterocycles. The molecular formula is C15H20F4N2O2. The fraction of sp³-hybridized carbons (Fsp3) is 0.533. The maximum absolute atomic E-state index is 13.2. The van der Waals surface area contributed by atoms with Crippen molar-refractivity contribution in [3.8, 4) is 0 Å². The number of alkyl carbamates (subject to hydrolysis) is 1. The number of halogens is 4. The molecule has 0 aromatic heterocycles. The van der Waals surface area contributed by atoms with Crippen molar-refractivity contribution in [2.45, 2.75) is 39.1 Å². The van der Waals surface area contributed by atoms with Crippen molar-refractivity contribution >= 4 is 6.09 Å². The van der Waals surface area contributed by atoms with Crippen LogP contribution in [0.1, 0.15) is 31.9 Å². The molecule has 0 aliphatic heterocycles. The molecule has 0 atom stereocenters. The Kier molecular flexibility index (Phi) is 6.37. The minimum Gasteiger partial charge on any atom is -0.444 e. The first-order valence-electron chi connectivity index (χ1n) is 7.01. The number of alkyl halides is 3. The number of carbonyl (C=O) groups is 1. The maximum atomic E-state index is 13.2. The molecule has 1 aromatic carbocycles. The third kappa shape index (κ3) is 7.83. The van der Waals surface area contributed by atoms with Gasteiger partial charge in [-0.2, -0.15) is 13.2 Å². The van der Waals surface area contributed by atoms with Crippen LogP contribution < -0.4 is 10.6 Å². The number of amides is 1. The highest BCUT2D eigenvalue weighted by Gasteiger charge is 2.31. The molecule has 0 unspecified atom stereocenters. The van der Waals surface area contributed by atoms with Crippen LogP contribution in [0.5, 0.6) is 0 Å². The van der Waals surface area contributed by atoms with Gasteiger partial charge in [-0.25, -0.2) is 9.18 Å². The van der Waals surface area contributed by atoms with Crippen LogP contribution in [0.3, 0.4) is 0 Å². The third-order valence-electron chi connectivity index (χ3n) is 2.58. The number of ether oxygens (including phenoxy) is 1. The van der Waals surface area contributed by atoms with Crippen LogP contribution in [0.15, 0.2) is 18.2 Å². The summed E-state index contributed by atoms with van der Waals surface area (Å²) in [7, 11) is 0. The normalized spacial score (nSPS) is 12.1. The Morgan fingerprint density at radius 2 is 1.78 bits per heavy atom. The topological polar surface area (TPSA) is 50.4 Å². The monoisotopic (exact) mass is 336 g/mol. The van der Waals surface area contributed by atoms with E-state index in [-0.39, 0.29) is 18.7 Å². The average Bonchev–Trinajstić information content (AvgIpc) is 2.34. The molecule has 0 bridgehead atoms. The van der Waals surface area contributed by atoms with Crippen LogP contribution in [0, 0.1) is 5.82 Å². The zero-order valence-corrected chi connectivity index (χ0v) is 13.2. The number of benzene rings is 1. The van der Waals surface area contributed by atoms with Gasteiger partial charge in [0.15, 0.2) is 0 Å². The first-order chi connectivity index (χ1) is 10.5. The molecule has 0 saturated carbocycles. The Balaban J connectivity index is 2.39. The van der Waals surface area contributed by atoms with E-state index < -0.39 is 29.3 Å². The van der Waals surface area contributed by atoms with Gasteiger partial charge in [-0.3, -0.25) is 0 Å². The Morgan fingerprint density at radius 3 is 2.35 bits per heavy atom. The number of rotatable bonds is 5. The Bertz CT molecular complexity index is 539. The number of hydrogen-bond donors (Lipinski definition) is 2. The summed E-state index contributed by atoms with van der Waals surface area (Å²) >= 11 is 0. The van der Waals surface area contributed by atoms with E-state index in [0.717, 1.165) is 12.1 Å². The summed E-state index contributed by atoms with van der Waals surface area (Å²) in [4.78, 5) is 11.4. The minimum absolute atomic E-state index is 0.0524. The summed E-state index contributed by atoms with van der Waals surface area (Å²) in [6.07, 6.45) is -5.17. The summed E-state index contributed by atoms with van der Waals surface area (Å²) in [6, 6.07) is 2.37. The number of hydrogen-bond acceptors (Lipinski definition) is 3. The molecule has 8 heteroatoms. The second kappa shape index (κ2) is 7.63. The second-order valence-electron chi connectivity index (χ2n) is 5.95. The summed E-state index contributed by atoms with van der Waals surface area (Å²) in [5.74, 6) is -0.941. The maximum Gasteiger partial charge on any atom is 0.416 e. The lowest BCUT2D eigenvalue weighted by Gasteiger charge is -2.19. The fourth-order valence-electron chi connectivity index (χ4n) is 1.72. The highest BCUT2D eigenvalue weighted by molar-refractivity contribution is 5.67. The van der Waals surface area contributed by atoms with Gasteiger partial charge < -0.3 is 15.4 Å². The molecule has 1 aromatic rings. The van der Waals surface area contributed by atoms with Crippen LogP contribution in [0.4, 0.5) is 22.4 Å². The SMILES string of the molecule is CC(C)(C)OC(=O)NCCNCc1cc(F)cc(C(F)(F)F)c1. The summed E-state index contributed by atoms with van der Waals surface area (Å²) in [5.41, 5.74) is -1.46. The van der Waals surface area contributed by atoms with Crippen LogP contribution in [0.25, 0.3) is 0 Å². The van der Waals surface area contributed by atoms with Crippen molar-refractivity contribution in [2.24, 2.45) is 0 Å². The number of nitrogens with one attached hydrogen (secondary N) is 2. The van der Waals surface area contributed by atoms with E-state index in [9.17, 15) is 22.4 Å². The lowest BCUT2D eigenvalue weighted by molar-refractivity contribution is -0.137. The van der Waals surface area contributed by atoms with Gasteiger partial charge in [0.25, 0.3) is 0 Å². The zero-order valence-electron chi connectivity index (χ0n) is 13.2. The van der Waals surface area contributed by atoms with Gasteiger partial charge in [-0.05, 0) is 44.5 Å². The predicted octanol–water partition coefficient (Wildman–Crippen LogP) is 3.46. The van der Waals surface area contributed by atoms with E-state index in [0.29, 0.717) is 12.6 Å². The molecule has 2 N–H and O–H groups in total. The Morgan fingerprint density at radius 1 is 1.13 bits per heavy atom. The van der Waals surface area contributed by atoms with E-state index >= 15 is 0 Å². The quantitative estimate of drug-likeness (QED) is 0.639. The molecule has 4 nitrogen and oxygen atoms in total. The van der Waals surface area contributed by atoms with Crippen LogP contribution in [-0.4, -0.2) is 24.8 Å². The Labute approximate surface area is 132 Å². The van der Waals surface area contributed by atoms with Gasteiger partial charge in [-0.1, -0.05) is 0 Å². The minimum atomic E-state index is -4.59. The molecule has 0 aliphatic rings. The molecule has 0 saturated heterocycles. The van der Waals surface area contributed by atoms with Gasteiger partial charge in [-0.15, -0.1) is 0 Å². The molecule has 0 spiro atoms. The van der Waals surface area contributed by atoms with Crippen molar-refractivity contribution in [3.63, 3.8) is 0 Å². The molecule has 0 radical (unpaired) electrons. The van der Waals surface area contributed by atoms with Crippen molar-refractivity contribution in [2.75, 3.05) is 13.1 Å². The average molecular weight is 336 g/mol. The van der Waals surface area contributed by atoms with E-state index in [4.69, 9.17) is 4.74 Å². The van der Waals surface area contributed by atoms with Crippen molar-refractivity contribution < 1.29 is 27.1 Å². The van der Waals surface area contributed by atoms with Crippen LogP contribution >= 0.6 is 0 Å². The van der Waals surface area contributed by atoms with Crippen molar-refractivity contribution in [1.82, 2.24) is 10.6 Å². The summed E-state index contributed by atoms with van der Waals surface area (Å²) in [5, 5.41) is 5.32. The molecule has 130 valence electrons. The molecule has 0 aliphatic carbocycles. The van der Waals surface area contributed by atoms with Gasteiger partial charge >= 0.3 is 12.3 Å². The van der Waals surface area contributed by atoms with Crippen LogP contribution in [0.2, 0.25) is 0 Å². The standard InChI is InChI=1S/C15H20F4N2O2/c1-14(2,3)23-13(22)21-5-4-20-9-10-6-11(15(17,18)19)8-12(16)7-10/h6-8,20H,4-5,9H2,1-3H3,(H,21,22). The third-order valence-corrected chi connectivity index (χ3v) is 2.58. The van der Waals surface area contributed by atoms with Crippen molar-refractivity contribution in [3.05, 3.63) is 35.1 Å². The van der Waals surface area contributed by atoms with Gasteiger partial charge in [0.1, 0.15) is 11.4 Å². The molecule has 23 heavy (non-hydrogen) atoms. The van der Waals surface area contributed by atoms with Gasteiger partial charge in [0, 0.05) is 19.6 Å². The lowest BCUT2D eigenvalue weighted by Crippen LogP contribution is -2.36. The Hall–Kier alpha value is -1.83. The first-order valence-corrected chi connectivity index (χ1v) is 7.01. The van der Waals surface area contributed by atoms with E-state index in [1.165, 1.54) is 0 Å². The molecular weight excluding hydrogens is 316 g/mol. The second-order valence-corrected chi connectivity index (χ2v) is 5.95. The zero-order chi connectivity index (χ0) is 17.7. The number of carbonyl (C=O) groups excluding carboxylic acids is 1. The molecule has 1 rings (SSSR count). The fourth-order valence-corrected chi connectivity index (χ4v) is 1.72. The van der Waals surface area contributed by atoms with Gasteiger partial charge in [0.2, 0.25) is 0 Å². The molecule has 0 fully saturated rings. The highest BCUT2D eigenvalue weighted by Crippen LogP contribution is 2.30. The van der Waals surface area contributed by atoms with E-state index in [1.54, 1.807) is 20.8 Å². The highest BCUT2D eigenvalue weighted by atomic mass is 19.4. The van der Waals surface area contributed by atoms with Gasteiger partial charge in [0.05, 0.1) is 5.56 Å². The largest absolute Gasteiger partial charge is 0.444 e. The predicted molar refractivity (Wildman–Crippen MR) is 77.3 cm³/mol. The molecule has 1 amide bonds. The first kappa shape index (κ1) is 19.2. The van der Waals surface area contributed by atoms with Crippen molar-refractivity contribution in [1.29, 1.82) is 0 Å². The summed E-state index contributed by atoms with van der Waals surface area (Å²) in [6.45, 7) is 5.78. The lowest BCUT2D eigenvalue weighted by atomic mass is 10.1. The van der Waals surface area contributed by atoms with E-state index in [2.05, 4.69) is 10.6 Å². The van der Waals surface area contributed by atoms with Crippen LogP contribution in [-0.2, 0) is 17.5 Å². The smallest absolute Gasteiger partial charge is 0.416 e. The summed E-state index contributed by atoms with van der Waals surface area (Å²) < 4.78 is 55.9. The van der Waals surface area contributed by atoms with E-state index in [1.807, 2.05) is 0 Å².